The molecule has 114 valence electrons. The van der Waals surface area contributed by atoms with Crippen LogP contribution in [0.25, 0.3) is 0 Å². The van der Waals surface area contributed by atoms with Gasteiger partial charge in [-0.2, -0.15) is 0 Å². The topological polar surface area (TPSA) is 46.5 Å². The van der Waals surface area contributed by atoms with E-state index in [9.17, 15) is 4.21 Å². The Bertz CT molecular complexity index is 466. The molecule has 3 nitrogen and oxygen atoms in total. The van der Waals surface area contributed by atoms with Gasteiger partial charge in [-0.15, -0.1) is 0 Å². The number of benzene rings is 1. The van der Waals surface area contributed by atoms with Crippen LogP contribution in [0.15, 0.2) is 24.3 Å². The Morgan fingerprint density at radius 3 is 2.40 bits per heavy atom. The van der Waals surface area contributed by atoms with E-state index in [1.54, 1.807) is 0 Å². The minimum Gasteiger partial charge on any atom is -0.413 e. The molecule has 0 saturated heterocycles. The first-order valence-electron chi connectivity index (χ1n) is 6.91. The minimum absolute atomic E-state index is 0.207. The second kappa shape index (κ2) is 6.98. The lowest BCUT2D eigenvalue weighted by Crippen LogP contribution is -2.40. The number of hydrogen-bond donors (Lipinski definition) is 1. The Morgan fingerprint density at radius 2 is 1.85 bits per heavy atom. The van der Waals surface area contributed by atoms with Crippen LogP contribution in [0.2, 0.25) is 18.1 Å². The summed E-state index contributed by atoms with van der Waals surface area (Å²) in [4.78, 5) is 0. The molecular formula is C15H26O3SSi. The SMILES string of the molecule is CC(C)(C)[Si](C)(C)OCc1cccc(CCS(=O)O)c1. The third kappa shape index (κ3) is 5.48. The molecule has 1 N–H and O–H groups in total. The quantitative estimate of drug-likeness (QED) is 0.638. The second-order valence-electron chi connectivity index (χ2n) is 6.64. The van der Waals surface area contributed by atoms with Crippen molar-refractivity contribution in [2.24, 2.45) is 0 Å². The maximum absolute atomic E-state index is 10.7. The van der Waals surface area contributed by atoms with Gasteiger partial charge >= 0.3 is 0 Å². The van der Waals surface area contributed by atoms with Crippen LogP contribution in [0.3, 0.4) is 0 Å². The summed E-state index contributed by atoms with van der Waals surface area (Å²) in [6.45, 7) is 11.8. The Balaban J connectivity index is 2.65. The van der Waals surface area contributed by atoms with Crippen LogP contribution in [0.1, 0.15) is 31.9 Å². The van der Waals surface area contributed by atoms with Crippen LogP contribution in [0, 0.1) is 0 Å². The van der Waals surface area contributed by atoms with E-state index in [1.165, 1.54) is 0 Å². The summed E-state index contributed by atoms with van der Waals surface area (Å²) in [5, 5.41) is 0.207. The van der Waals surface area contributed by atoms with Gasteiger partial charge in [-0.3, -0.25) is 0 Å². The van der Waals surface area contributed by atoms with E-state index >= 15 is 0 Å². The Hall–Kier alpha value is -0.493. The van der Waals surface area contributed by atoms with Crippen molar-refractivity contribution in [3.8, 4) is 0 Å². The van der Waals surface area contributed by atoms with E-state index in [0.29, 0.717) is 13.0 Å². The molecule has 0 radical (unpaired) electrons. The van der Waals surface area contributed by atoms with E-state index in [4.69, 9.17) is 8.98 Å². The normalized spacial score (nSPS) is 14.3. The lowest BCUT2D eigenvalue weighted by molar-refractivity contribution is 0.276. The monoisotopic (exact) mass is 314 g/mol. The molecule has 1 aromatic rings. The van der Waals surface area contributed by atoms with Gasteiger partial charge in [-0.1, -0.05) is 45.0 Å². The van der Waals surface area contributed by atoms with Crippen LogP contribution in [-0.4, -0.2) is 22.8 Å². The Kier molecular flexibility index (Phi) is 6.13. The summed E-state index contributed by atoms with van der Waals surface area (Å²) < 4.78 is 25.7. The fraction of sp³-hybridized carbons (Fsp3) is 0.600. The molecule has 1 unspecified atom stereocenters. The molecule has 0 spiro atoms. The second-order valence-corrected chi connectivity index (χ2v) is 12.5. The molecule has 1 aromatic carbocycles. The maximum Gasteiger partial charge on any atom is 0.192 e. The van der Waals surface area contributed by atoms with Gasteiger partial charge in [0.05, 0.1) is 12.4 Å². The van der Waals surface area contributed by atoms with Crippen molar-refractivity contribution in [3.63, 3.8) is 0 Å². The van der Waals surface area contributed by atoms with Crippen molar-refractivity contribution in [2.75, 3.05) is 5.75 Å². The first kappa shape index (κ1) is 17.6. The van der Waals surface area contributed by atoms with E-state index in [1.807, 2.05) is 18.2 Å². The summed E-state index contributed by atoms with van der Waals surface area (Å²) in [6.07, 6.45) is 0.622. The molecule has 0 aliphatic heterocycles. The highest BCUT2D eigenvalue weighted by Gasteiger charge is 2.36. The van der Waals surface area contributed by atoms with E-state index < -0.39 is 19.4 Å². The van der Waals surface area contributed by atoms with Crippen molar-refractivity contribution in [2.45, 2.75) is 51.9 Å². The predicted molar refractivity (Wildman–Crippen MR) is 87.8 cm³/mol. The highest BCUT2D eigenvalue weighted by molar-refractivity contribution is 7.79. The van der Waals surface area contributed by atoms with E-state index in [0.717, 1.165) is 11.1 Å². The van der Waals surface area contributed by atoms with Crippen LogP contribution in [0.4, 0.5) is 0 Å². The summed E-state index contributed by atoms with van der Waals surface area (Å²) in [5.74, 6) is 0.284. The minimum atomic E-state index is -1.73. The first-order valence-corrected chi connectivity index (χ1v) is 11.1. The summed E-state index contributed by atoms with van der Waals surface area (Å²) in [7, 11) is -1.73. The van der Waals surface area contributed by atoms with E-state index in [-0.39, 0.29) is 10.8 Å². The van der Waals surface area contributed by atoms with Crippen LogP contribution in [-0.2, 0) is 28.5 Å². The van der Waals surface area contributed by atoms with Gasteiger partial charge in [0, 0.05) is 0 Å². The summed E-state index contributed by atoms with van der Waals surface area (Å²) in [6, 6.07) is 8.09. The van der Waals surface area contributed by atoms with Gasteiger partial charge in [-0.25, -0.2) is 4.21 Å². The van der Waals surface area contributed by atoms with Crippen molar-refractivity contribution >= 4 is 19.4 Å². The zero-order valence-corrected chi connectivity index (χ0v) is 14.9. The highest BCUT2D eigenvalue weighted by atomic mass is 32.2. The highest BCUT2D eigenvalue weighted by Crippen LogP contribution is 2.37. The standard InChI is InChI=1S/C15H26O3SSi/c1-15(2,3)20(4,5)18-12-14-8-6-7-13(11-14)9-10-19(16)17/h6-8,11H,9-10,12H2,1-5H3,(H,16,17). The van der Waals surface area contributed by atoms with E-state index in [2.05, 4.69) is 39.9 Å². The molecule has 20 heavy (non-hydrogen) atoms. The molecular weight excluding hydrogens is 288 g/mol. The molecule has 5 heteroatoms. The van der Waals surface area contributed by atoms with Gasteiger partial charge < -0.3 is 8.98 Å². The fourth-order valence-electron chi connectivity index (χ4n) is 1.56. The number of aryl methyl sites for hydroxylation is 1. The summed E-state index contributed by atoms with van der Waals surface area (Å²) in [5.41, 5.74) is 2.22. The Labute approximate surface area is 126 Å². The average Bonchev–Trinajstić information content (AvgIpc) is 2.33. The fourth-order valence-corrected chi connectivity index (χ4v) is 2.93. The van der Waals surface area contributed by atoms with Gasteiger partial charge in [-0.05, 0) is 35.7 Å². The van der Waals surface area contributed by atoms with Crippen LogP contribution < -0.4 is 0 Å². The van der Waals surface area contributed by atoms with Crippen molar-refractivity contribution in [1.29, 1.82) is 0 Å². The van der Waals surface area contributed by atoms with Crippen LogP contribution >= 0.6 is 0 Å². The van der Waals surface area contributed by atoms with Gasteiger partial charge in [0.2, 0.25) is 0 Å². The molecule has 0 bridgehead atoms. The van der Waals surface area contributed by atoms with Gasteiger partial charge in [0.25, 0.3) is 0 Å². The van der Waals surface area contributed by atoms with Crippen molar-refractivity contribution in [3.05, 3.63) is 35.4 Å². The molecule has 0 fully saturated rings. The molecule has 0 aromatic heterocycles. The third-order valence-corrected chi connectivity index (χ3v) is 8.99. The first-order chi connectivity index (χ1) is 9.12. The zero-order chi connectivity index (χ0) is 15.4. The summed E-state index contributed by atoms with van der Waals surface area (Å²) >= 11 is -1.73. The molecule has 0 aliphatic rings. The molecule has 0 heterocycles. The molecule has 1 atom stereocenters. The lowest BCUT2D eigenvalue weighted by atomic mass is 10.1. The largest absolute Gasteiger partial charge is 0.413 e. The Morgan fingerprint density at radius 1 is 1.25 bits per heavy atom. The third-order valence-electron chi connectivity index (χ3n) is 3.96. The smallest absolute Gasteiger partial charge is 0.192 e. The molecule has 0 aliphatic carbocycles. The van der Waals surface area contributed by atoms with Gasteiger partial charge in [0.1, 0.15) is 0 Å². The predicted octanol–water partition coefficient (Wildman–Crippen LogP) is 3.97. The van der Waals surface area contributed by atoms with Crippen molar-refractivity contribution < 1.29 is 13.2 Å². The lowest BCUT2D eigenvalue weighted by Gasteiger charge is -2.36. The van der Waals surface area contributed by atoms with Gasteiger partial charge in [0.15, 0.2) is 19.4 Å². The number of rotatable bonds is 6. The van der Waals surface area contributed by atoms with Crippen molar-refractivity contribution in [1.82, 2.24) is 0 Å². The number of hydrogen-bond acceptors (Lipinski definition) is 2. The molecule has 0 saturated carbocycles. The average molecular weight is 315 g/mol. The zero-order valence-electron chi connectivity index (χ0n) is 13.1. The maximum atomic E-state index is 10.7. The van der Waals surface area contributed by atoms with Crippen LogP contribution in [0.5, 0.6) is 0 Å². The molecule has 1 rings (SSSR count). The molecule has 0 amide bonds.